The number of carbonyl (C=O) groups excluding carboxylic acids is 2. The van der Waals surface area contributed by atoms with Crippen LogP contribution in [0.2, 0.25) is 0 Å². The minimum atomic E-state index is -1.40. The Hall–Kier alpha value is -2.62. The second-order valence-corrected chi connectivity index (χ2v) is 6.58. The molecule has 2 aliphatic rings. The summed E-state index contributed by atoms with van der Waals surface area (Å²) in [5, 5.41) is 0. The molecule has 1 aromatic rings. The van der Waals surface area contributed by atoms with Gasteiger partial charge in [0.2, 0.25) is 0 Å². The molecule has 0 heterocycles. The van der Waals surface area contributed by atoms with Crippen LogP contribution in [0, 0.1) is 5.41 Å². The first-order chi connectivity index (χ1) is 12.5. The summed E-state index contributed by atoms with van der Waals surface area (Å²) >= 11 is 0. The second kappa shape index (κ2) is 7.32. The van der Waals surface area contributed by atoms with E-state index in [1.807, 2.05) is 18.2 Å². The van der Waals surface area contributed by atoms with Crippen molar-refractivity contribution in [3.63, 3.8) is 0 Å². The SMILES string of the molecule is C=C1C2=C(CCc3ccccc31)CC(C(=O)OCC)(C(=O)OCC)C=C2. The van der Waals surface area contributed by atoms with Gasteiger partial charge in [-0.05, 0) is 55.4 Å². The van der Waals surface area contributed by atoms with E-state index < -0.39 is 17.4 Å². The number of ether oxygens (including phenoxy) is 2. The Morgan fingerprint density at radius 1 is 1.08 bits per heavy atom. The Balaban J connectivity index is 2.00. The van der Waals surface area contributed by atoms with Gasteiger partial charge in [0, 0.05) is 0 Å². The first kappa shape index (κ1) is 18.2. The number of fused-ring (bicyclic) bond motifs is 1. The van der Waals surface area contributed by atoms with Crippen molar-refractivity contribution in [1.82, 2.24) is 0 Å². The van der Waals surface area contributed by atoms with Crippen LogP contribution < -0.4 is 0 Å². The van der Waals surface area contributed by atoms with Crippen LogP contribution in [0.1, 0.15) is 37.8 Å². The summed E-state index contributed by atoms with van der Waals surface area (Å²) in [4.78, 5) is 25.4. The normalized spacial score (nSPS) is 17.8. The first-order valence-corrected chi connectivity index (χ1v) is 9.06. The van der Waals surface area contributed by atoms with Crippen LogP contribution >= 0.6 is 0 Å². The molecule has 0 saturated carbocycles. The minimum Gasteiger partial charge on any atom is -0.465 e. The molecule has 0 aliphatic heterocycles. The molecule has 0 atom stereocenters. The smallest absolute Gasteiger partial charge is 0.327 e. The van der Waals surface area contributed by atoms with Crippen LogP contribution in [0.5, 0.6) is 0 Å². The number of aryl methyl sites for hydroxylation is 1. The third kappa shape index (κ3) is 3.00. The number of rotatable bonds is 4. The van der Waals surface area contributed by atoms with Crippen molar-refractivity contribution in [2.45, 2.75) is 33.1 Å². The van der Waals surface area contributed by atoms with Crippen molar-refractivity contribution < 1.29 is 19.1 Å². The van der Waals surface area contributed by atoms with E-state index in [9.17, 15) is 9.59 Å². The van der Waals surface area contributed by atoms with Gasteiger partial charge in [-0.3, -0.25) is 9.59 Å². The summed E-state index contributed by atoms with van der Waals surface area (Å²) in [6.45, 7) is 8.18. The maximum Gasteiger partial charge on any atom is 0.327 e. The molecule has 0 aromatic heterocycles. The van der Waals surface area contributed by atoms with Gasteiger partial charge < -0.3 is 9.47 Å². The maximum absolute atomic E-state index is 12.7. The average Bonchev–Trinajstić information content (AvgIpc) is 2.79. The van der Waals surface area contributed by atoms with Gasteiger partial charge >= 0.3 is 11.9 Å². The van der Waals surface area contributed by atoms with Crippen LogP contribution in [0.4, 0.5) is 0 Å². The Kier molecular flexibility index (Phi) is 5.12. The van der Waals surface area contributed by atoms with Crippen molar-refractivity contribution >= 4 is 17.5 Å². The number of benzene rings is 1. The zero-order valence-electron chi connectivity index (χ0n) is 15.3. The molecule has 0 saturated heterocycles. The van der Waals surface area contributed by atoms with Crippen LogP contribution in [-0.4, -0.2) is 25.2 Å². The summed E-state index contributed by atoms with van der Waals surface area (Å²) in [6.07, 6.45) is 5.39. The van der Waals surface area contributed by atoms with E-state index in [2.05, 4.69) is 18.7 Å². The lowest BCUT2D eigenvalue weighted by atomic mass is 9.74. The molecule has 4 nitrogen and oxygen atoms in total. The van der Waals surface area contributed by atoms with Crippen LogP contribution in [0.15, 0.2) is 54.1 Å². The highest BCUT2D eigenvalue weighted by Gasteiger charge is 2.49. The monoisotopic (exact) mass is 352 g/mol. The van der Waals surface area contributed by atoms with Gasteiger partial charge in [0.1, 0.15) is 0 Å². The lowest BCUT2D eigenvalue weighted by Crippen LogP contribution is -2.42. The summed E-state index contributed by atoms with van der Waals surface area (Å²) in [5.41, 5.74) is 3.96. The third-order valence-electron chi connectivity index (χ3n) is 5.05. The Morgan fingerprint density at radius 2 is 1.73 bits per heavy atom. The fraction of sp³-hybridized carbons (Fsp3) is 0.364. The van der Waals surface area contributed by atoms with E-state index >= 15 is 0 Å². The Bertz CT molecular complexity index is 795. The number of esters is 2. The minimum absolute atomic E-state index is 0.220. The van der Waals surface area contributed by atoms with Gasteiger partial charge in [-0.25, -0.2) is 0 Å². The number of hydrogen-bond donors (Lipinski definition) is 0. The van der Waals surface area contributed by atoms with E-state index in [1.54, 1.807) is 19.9 Å². The second-order valence-electron chi connectivity index (χ2n) is 6.58. The highest BCUT2D eigenvalue weighted by molar-refractivity contribution is 6.04. The molecular formula is C22H24O4. The fourth-order valence-corrected chi connectivity index (χ4v) is 3.72. The quantitative estimate of drug-likeness (QED) is 0.607. The third-order valence-corrected chi connectivity index (χ3v) is 5.05. The molecule has 0 radical (unpaired) electrons. The zero-order chi connectivity index (χ0) is 18.7. The molecule has 136 valence electrons. The van der Waals surface area contributed by atoms with E-state index in [4.69, 9.17) is 9.47 Å². The van der Waals surface area contributed by atoms with Crippen molar-refractivity contribution in [3.8, 4) is 0 Å². The summed E-state index contributed by atoms with van der Waals surface area (Å²) in [5.74, 6) is -1.10. The predicted molar refractivity (Wildman–Crippen MR) is 100 cm³/mol. The molecule has 26 heavy (non-hydrogen) atoms. The lowest BCUT2D eigenvalue weighted by Gasteiger charge is -2.31. The van der Waals surface area contributed by atoms with Gasteiger partial charge in [0.15, 0.2) is 5.41 Å². The first-order valence-electron chi connectivity index (χ1n) is 9.06. The van der Waals surface area contributed by atoms with Crippen molar-refractivity contribution in [1.29, 1.82) is 0 Å². The number of carbonyl (C=O) groups is 2. The van der Waals surface area contributed by atoms with Gasteiger partial charge in [0.05, 0.1) is 13.2 Å². The van der Waals surface area contributed by atoms with E-state index in [-0.39, 0.29) is 19.6 Å². The summed E-state index contributed by atoms with van der Waals surface area (Å²) in [7, 11) is 0. The van der Waals surface area contributed by atoms with Crippen LogP contribution in [-0.2, 0) is 25.5 Å². The molecule has 0 bridgehead atoms. The molecule has 0 spiro atoms. The highest BCUT2D eigenvalue weighted by atomic mass is 16.6. The molecule has 4 heteroatoms. The number of allylic oxidation sites excluding steroid dienone is 4. The fourth-order valence-electron chi connectivity index (χ4n) is 3.72. The standard InChI is InChI=1S/C22H24O4/c1-4-25-20(23)22(21(24)26-5-2)13-12-19-15(3)18-9-7-6-8-16(18)10-11-17(19)14-22/h6-9,12-13H,3-5,10-11,14H2,1-2H3. The van der Waals surface area contributed by atoms with Gasteiger partial charge in [-0.2, -0.15) is 0 Å². The molecule has 1 aromatic carbocycles. The molecule has 0 fully saturated rings. The maximum atomic E-state index is 12.7. The topological polar surface area (TPSA) is 52.6 Å². The van der Waals surface area contributed by atoms with Gasteiger partial charge in [-0.1, -0.05) is 48.6 Å². The Labute approximate surface area is 154 Å². The average molecular weight is 352 g/mol. The predicted octanol–water partition coefficient (Wildman–Crippen LogP) is 4.02. The van der Waals surface area contributed by atoms with Gasteiger partial charge in [0.25, 0.3) is 0 Å². The van der Waals surface area contributed by atoms with Crippen molar-refractivity contribution in [2.24, 2.45) is 5.41 Å². The van der Waals surface area contributed by atoms with E-state index in [1.165, 1.54) is 5.56 Å². The number of hydrogen-bond acceptors (Lipinski definition) is 4. The Morgan fingerprint density at radius 3 is 2.38 bits per heavy atom. The van der Waals surface area contributed by atoms with E-state index in [0.29, 0.717) is 0 Å². The largest absolute Gasteiger partial charge is 0.465 e. The molecule has 3 rings (SSSR count). The van der Waals surface area contributed by atoms with E-state index in [0.717, 1.165) is 35.1 Å². The summed E-state index contributed by atoms with van der Waals surface area (Å²) in [6, 6.07) is 8.20. The molecule has 0 amide bonds. The van der Waals surface area contributed by atoms with Crippen LogP contribution in [0.3, 0.4) is 0 Å². The lowest BCUT2D eigenvalue weighted by molar-refractivity contribution is -0.168. The molecule has 2 aliphatic carbocycles. The molecule has 0 N–H and O–H groups in total. The molecule has 0 unspecified atom stereocenters. The van der Waals surface area contributed by atoms with Crippen molar-refractivity contribution in [2.75, 3.05) is 13.2 Å². The van der Waals surface area contributed by atoms with Crippen LogP contribution in [0.25, 0.3) is 5.57 Å². The highest BCUT2D eigenvalue weighted by Crippen LogP contribution is 2.44. The van der Waals surface area contributed by atoms with Gasteiger partial charge in [-0.15, -0.1) is 0 Å². The van der Waals surface area contributed by atoms with Crippen molar-refractivity contribution in [3.05, 3.63) is 65.3 Å². The molecular weight excluding hydrogens is 328 g/mol. The summed E-state index contributed by atoms with van der Waals surface area (Å²) < 4.78 is 10.4. The zero-order valence-corrected chi connectivity index (χ0v) is 15.3.